The number of nitrogen functional groups attached to an aromatic ring is 1. The van der Waals surface area contributed by atoms with Crippen LogP contribution in [-0.4, -0.2) is 26.5 Å². The summed E-state index contributed by atoms with van der Waals surface area (Å²) in [5.41, 5.74) is 8.94. The van der Waals surface area contributed by atoms with Gasteiger partial charge in [-0.15, -0.1) is 0 Å². The summed E-state index contributed by atoms with van der Waals surface area (Å²) in [5.74, 6) is 1.61. The number of carbonyl (C=O) groups is 1. The molecular weight excluding hydrogens is 398 g/mol. The minimum absolute atomic E-state index is 0.135. The van der Waals surface area contributed by atoms with E-state index in [9.17, 15) is 4.79 Å². The number of nitrogens with zero attached hydrogens (tertiary/aromatic N) is 3. The molecule has 1 atom stereocenters. The van der Waals surface area contributed by atoms with Crippen LogP contribution >= 0.6 is 0 Å². The summed E-state index contributed by atoms with van der Waals surface area (Å²) < 4.78 is 2.16. The van der Waals surface area contributed by atoms with Gasteiger partial charge in [0.05, 0.1) is 16.6 Å². The summed E-state index contributed by atoms with van der Waals surface area (Å²) in [6, 6.07) is 11.9. The Morgan fingerprint density at radius 1 is 0.969 bits per heavy atom. The van der Waals surface area contributed by atoms with E-state index < -0.39 is 0 Å². The molecule has 2 aliphatic rings. The molecule has 1 unspecified atom stereocenters. The molecule has 3 aromatic rings. The molecule has 3 N–H and O–H groups in total. The van der Waals surface area contributed by atoms with Gasteiger partial charge in [0.2, 0.25) is 5.91 Å². The molecule has 1 amide bonds. The van der Waals surface area contributed by atoms with Crippen molar-refractivity contribution in [3.05, 3.63) is 42.6 Å². The molecule has 0 bridgehead atoms. The molecule has 2 saturated carbocycles. The summed E-state index contributed by atoms with van der Waals surface area (Å²) in [6.07, 6.45) is 13.3. The van der Waals surface area contributed by atoms with Crippen molar-refractivity contribution in [2.75, 3.05) is 5.73 Å². The van der Waals surface area contributed by atoms with Crippen LogP contribution in [0.25, 0.3) is 22.4 Å². The Morgan fingerprint density at radius 2 is 1.69 bits per heavy atom. The molecule has 0 saturated heterocycles. The molecule has 5 rings (SSSR count). The number of benzene rings is 1. The summed E-state index contributed by atoms with van der Waals surface area (Å²) >= 11 is 0. The lowest BCUT2D eigenvalue weighted by Gasteiger charge is -2.33. The van der Waals surface area contributed by atoms with Crippen LogP contribution in [0.1, 0.15) is 70.3 Å². The lowest BCUT2D eigenvalue weighted by atomic mass is 9.82. The van der Waals surface area contributed by atoms with Gasteiger partial charge in [-0.25, -0.2) is 9.97 Å². The second kappa shape index (κ2) is 9.31. The molecule has 6 heteroatoms. The topological polar surface area (TPSA) is 85.8 Å². The average Bonchev–Trinajstić information content (AvgIpc) is 3.20. The van der Waals surface area contributed by atoms with Crippen molar-refractivity contribution in [3.63, 3.8) is 0 Å². The fourth-order valence-electron chi connectivity index (χ4n) is 5.65. The van der Waals surface area contributed by atoms with Gasteiger partial charge in [-0.05, 0) is 55.9 Å². The van der Waals surface area contributed by atoms with Gasteiger partial charge in [0, 0.05) is 12.2 Å². The number of hydrogen-bond acceptors (Lipinski definition) is 4. The van der Waals surface area contributed by atoms with E-state index in [0.29, 0.717) is 11.7 Å². The van der Waals surface area contributed by atoms with Crippen LogP contribution in [0, 0.1) is 5.92 Å². The van der Waals surface area contributed by atoms with Crippen LogP contribution in [0.2, 0.25) is 0 Å². The van der Waals surface area contributed by atoms with Crippen molar-refractivity contribution >= 4 is 22.8 Å². The molecule has 2 heterocycles. The summed E-state index contributed by atoms with van der Waals surface area (Å²) in [6.45, 7) is 0. The number of para-hydroxylation sites is 2. The van der Waals surface area contributed by atoms with E-state index in [1.165, 1.54) is 38.5 Å². The number of pyridine rings is 1. The Balaban J connectivity index is 1.63. The van der Waals surface area contributed by atoms with Crippen molar-refractivity contribution in [2.45, 2.75) is 76.3 Å². The number of hydrogen-bond donors (Lipinski definition) is 2. The molecule has 32 heavy (non-hydrogen) atoms. The molecule has 6 nitrogen and oxygen atoms in total. The number of imidazole rings is 1. The van der Waals surface area contributed by atoms with Gasteiger partial charge >= 0.3 is 0 Å². The molecule has 0 radical (unpaired) electrons. The number of anilines is 1. The first-order chi connectivity index (χ1) is 15.7. The fraction of sp³-hybridized carbons (Fsp3) is 0.500. The molecule has 0 spiro atoms. The highest BCUT2D eigenvalue weighted by molar-refractivity contribution is 5.88. The highest BCUT2D eigenvalue weighted by Crippen LogP contribution is 2.39. The normalized spacial score (nSPS) is 19.1. The van der Waals surface area contributed by atoms with Crippen molar-refractivity contribution in [1.29, 1.82) is 0 Å². The van der Waals surface area contributed by atoms with E-state index in [4.69, 9.17) is 10.7 Å². The first-order valence-electron chi connectivity index (χ1n) is 12.2. The van der Waals surface area contributed by atoms with Crippen molar-refractivity contribution in [1.82, 2.24) is 19.9 Å². The Bertz CT molecular complexity index is 1080. The number of amides is 1. The number of fused-ring (bicyclic) bond motifs is 1. The number of rotatable bonds is 5. The van der Waals surface area contributed by atoms with E-state index in [2.05, 4.69) is 20.9 Å². The quantitative estimate of drug-likeness (QED) is 0.578. The van der Waals surface area contributed by atoms with Gasteiger partial charge in [-0.2, -0.15) is 0 Å². The lowest BCUT2D eigenvalue weighted by molar-refractivity contribution is -0.127. The second-order valence-corrected chi connectivity index (χ2v) is 9.42. The number of carbonyl (C=O) groups excluding carboxylic acids is 1. The Morgan fingerprint density at radius 3 is 2.44 bits per heavy atom. The smallest absolute Gasteiger partial charge is 0.243 e. The Labute approximate surface area is 189 Å². The van der Waals surface area contributed by atoms with E-state index >= 15 is 0 Å². The number of aromatic nitrogens is 3. The molecule has 2 fully saturated rings. The van der Waals surface area contributed by atoms with E-state index in [1.807, 2.05) is 30.3 Å². The minimum Gasteiger partial charge on any atom is -0.383 e. The molecule has 0 aliphatic heterocycles. The minimum atomic E-state index is -0.292. The van der Waals surface area contributed by atoms with Crippen LogP contribution < -0.4 is 11.1 Å². The van der Waals surface area contributed by atoms with Crippen LogP contribution in [-0.2, 0) is 4.79 Å². The second-order valence-electron chi connectivity index (χ2n) is 9.42. The van der Waals surface area contributed by atoms with Gasteiger partial charge in [0.1, 0.15) is 17.7 Å². The van der Waals surface area contributed by atoms with Gasteiger partial charge in [0.25, 0.3) is 0 Å². The standard InChI is InChI=1S/C26H33N5O/c27-24-20(14-9-17-28-24)25-30-21-15-7-8-16-22(21)31(25)23(18-10-3-1-4-11-18)26(32)29-19-12-5-2-6-13-19/h7-9,14-19,23H,1-6,10-13H2,(H2,27,28)(H,29,32). The Hall–Kier alpha value is -2.89. The summed E-state index contributed by atoms with van der Waals surface area (Å²) in [5, 5.41) is 3.43. The monoisotopic (exact) mass is 431 g/mol. The predicted molar refractivity (Wildman–Crippen MR) is 128 cm³/mol. The first-order valence-corrected chi connectivity index (χ1v) is 12.2. The maximum Gasteiger partial charge on any atom is 0.243 e. The third-order valence-corrected chi connectivity index (χ3v) is 7.27. The highest BCUT2D eigenvalue weighted by Gasteiger charge is 2.35. The van der Waals surface area contributed by atoms with Gasteiger partial charge < -0.3 is 15.6 Å². The molecular formula is C26H33N5O. The van der Waals surface area contributed by atoms with E-state index in [0.717, 1.165) is 48.1 Å². The molecule has 2 aliphatic carbocycles. The zero-order chi connectivity index (χ0) is 21.9. The summed E-state index contributed by atoms with van der Waals surface area (Å²) in [4.78, 5) is 23.2. The van der Waals surface area contributed by atoms with Crippen LogP contribution in [0.5, 0.6) is 0 Å². The van der Waals surface area contributed by atoms with Crippen LogP contribution in [0.3, 0.4) is 0 Å². The van der Waals surface area contributed by atoms with E-state index in [-0.39, 0.29) is 18.0 Å². The maximum atomic E-state index is 13.9. The van der Waals surface area contributed by atoms with Crippen molar-refractivity contribution < 1.29 is 4.79 Å². The summed E-state index contributed by atoms with van der Waals surface area (Å²) in [7, 11) is 0. The molecule has 2 aromatic heterocycles. The fourth-order valence-corrected chi connectivity index (χ4v) is 5.65. The lowest BCUT2D eigenvalue weighted by Crippen LogP contribution is -2.43. The van der Waals surface area contributed by atoms with Gasteiger partial charge in [-0.1, -0.05) is 50.7 Å². The highest BCUT2D eigenvalue weighted by atomic mass is 16.2. The van der Waals surface area contributed by atoms with E-state index in [1.54, 1.807) is 6.20 Å². The Kier molecular flexibility index (Phi) is 6.10. The third-order valence-electron chi connectivity index (χ3n) is 7.27. The average molecular weight is 432 g/mol. The first kappa shape index (κ1) is 21.0. The van der Waals surface area contributed by atoms with Gasteiger partial charge in [-0.3, -0.25) is 4.79 Å². The zero-order valence-electron chi connectivity index (χ0n) is 18.7. The van der Waals surface area contributed by atoms with Crippen molar-refractivity contribution in [3.8, 4) is 11.4 Å². The zero-order valence-corrected chi connectivity index (χ0v) is 18.7. The third kappa shape index (κ3) is 4.10. The van der Waals surface area contributed by atoms with Crippen LogP contribution in [0.4, 0.5) is 5.82 Å². The maximum absolute atomic E-state index is 13.9. The molecule has 1 aromatic carbocycles. The predicted octanol–water partition coefficient (Wildman–Crippen LogP) is 5.25. The van der Waals surface area contributed by atoms with Crippen LogP contribution in [0.15, 0.2) is 42.6 Å². The van der Waals surface area contributed by atoms with Gasteiger partial charge in [0.15, 0.2) is 0 Å². The largest absolute Gasteiger partial charge is 0.383 e. The molecule has 168 valence electrons. The number of nitrogens with one attached hydrogen (secondary N) is 1. The number of nitrogens with two attached hydrogens (primary N) is 1. The SMILES string of the molecule is Nc1ncccc1-c1nc2ccccc2n1C(C(=O)NC1CCCCC1)C1CCCCC1. The van der Waals surface area contributed by atoms with Crippen molar-refractivity contribution in [2.24, 2.45) is 5.92 Å².